The molecule has 3 aliphatic rings. The number of nitrogens with one attached hydrogen (secondary N) is 2. The van der Waals surface area contributed by atoms with Crippen molar-refractivity contribution in [1.29, 1.82) is 0 Å². The Morgan fingerprint density at radius 3 is 2.48 bits per heavy atom. The number of ether oxygens (including phenoxy) is 1. The van der Waals surface area contributed by atoms with Crippen LogP contribution in [0.3, 0.4) is 0 Å². The number of likely N-dealkylation sites (tertiary alicyclic amines) is 1. The molecule has 3 aliphatic heterocycles. The second kappa shape index (κ2) is 6.44. The number of β-amino-alcohol motifs (C(OH)–C–C–N with tert-alkyl or cyclic N) is 1. The van der Waals surface area contributed by atoms with E-state index in [1.807, 2.05) is 27.7 Å². The van der Waals surface area contributed by atoms with Crippen molar-refractivity contribution in [3.05, 3.63) is 0 Å². The summed E-state index contributed by atoms with van der Waals surface area (Å²) in [5, 5.41) is 15.1. The van der Waals surface area contributed by atoms with Crippen LogP contribution in [-0.4, -0.2) is 70.7 Å². The predicted molar refractivity (Wildman–Crippen MR) is 97.6 cm³/mol. The third-order valence-electron chi connectivity index (χ3n) is 6.30. The van der Waals surface area contributed by atoms with Crippen molar-refractivity contribution in [3.8, 4) is 0 Å². The summed E-state index contributed by atoms with van der Waals surface area (Å²) < 4.78 is 6.49. The van der Waals surface area contributed by atoms with Crippen molar-refractivity contribution in [2.45, 2.75) is 69.7 Å². The second-order valence-corrected chi connectivity index (χ2v) is 8.94. The summed E-state index contributed by atoms with van der Waals surface area (Å²) in [7, 11) is 1.55. The third kappa shape index (κ3) is 2.76. The lowest BCUT2D eigenvalue weighted by Gasteiger charge is -2.35. The van der Waals surface area contributed by atoms with Crippen LogP contribution in [-0.2, 0) is 19.1 Å². The van der Waals surface area contributed by atoms with Gasteiger partial charge in [-0.15, -0.1) is 0 Å². The lowest BCUT2D eigenvalue weighted by Crippen LogP contribution is -2.58. The zero-order valence-corrected chi connectivity index (χ0v) is 16.8. The highest BCUT2D eigenvalue weighted by molar-refractivity contribution is 5.99. The molecule has 2 bridgehead atoms. The fourth-order valence-corrected chi connectivity index (χ4v) is 5.36. The first-order valence-electron chi connectivity index (χ1n) is 9.72. The Hall–Kier alpha value is -1.67. The summed E-state index contributed by atoms with van der Waals surface area (Å²) in [5.74, 6) is -2.12. The Bertz CT molecular complexity index is 660. The number of amides is 3. The average Bonchev–Trinajstić information content (AvgIpc) is 3.17. The molecule has 0 aromatic rings. The van der Waals surface area contributed by atoms with Crippen LogP contribution in [0.2, 0.25) is 0 Å². The van der Waals surface area contributed by atoms with Gasteiger partial charge in [0, 0.05) is 19.1 Å². The first-order chi connectivity index (χ1) is 12.6. The van der Waals surface area contributed by atoms with Gasteiger partial charge in [0.05, 0.1) is 24.0 Å². The number of fused-ring (bicyclic) bond motifs is 1. The van der Waals surface area contributed by atoms with Crippen molar-refractivity contribution in [1.82, 2.24) is 15.5 Å². The average molecular weight is 381 g/mol. The number of hydrogen-bond donors (Lipinski definition) is 3. The molecule has 0 aromatic heterocycles. The molecule has 27 heavy (non-hydrogen) atoms. The van der Waals surface area contributed by atoms with Gasteiger partial charge in [-0.2, -0.15) is 0 Å². The zero-order valence-electron chi connectivity index (χ0n) is 16.8. The molecule has 3 fully saturated rings. The van der Waals surface area contributed by atoms with Gasteiger partial charge < -0.3 is 25.4 Å². The molecular formula is C19H31N3O5. The minimum absolute atomic E-state index is 0.0439. The lowest BCUT2D eigenvalue weighted by molar-refractivity contribution is -0.148. The zero-order chi connectivity index (χ0) is 20.2. The van der Waals surface area contributed by atoms with E-state index >= 15 is 0 Å². The van der Waals surface area contributed by atoms with E-state index in [2.05, 4.69) is 10.6 Å². The Morgan fingerprint density at radius 1 is 1.30 bits per heavy atom. The first-order valence-corrected chi connectivity index (χ1v) is 9.72. The van der Waals surface area contributed by atoms with Crippen molar-refractivity contribution >= 4 is 17.7 Å². The van der Waals surface area contributed by atoms with Gasteiger partial charge in [0.2, 0.25) is 17.7 Å². The van der Waals surface area contributed by atoms with Gasteiger partial charge in [-0.3, -0.25) is 14.4 Å². The number of nitrogens with zero attached hydrogens (tertiary/aromatic N) is 1. The Kier molecular flexibility index (Phi) is 4.79. The molecule has 8 nitrogen and oxygen atoms in total. The minimum atomic E-state index is -1.02. The molecule has 1 spiro atoms. The molecule has 0 aromatic carbocycles. The number of carbonyl (C=O) groups is 3. The Balaban J connectivity index is 2.08. The molecule has 0 aliphatic carbocycles. The minimum Gasteiger partial charge on any atom is -0.395 e. The highest BCUT2D eigenvalue weighted by atomic mass is 16.5. The van der Waals surface area contributed by atoms with Crippen LogP contribution >= 0.6 is 0 Å². The maximum absolute atomic E-state index is 13.3. The smallest absolute Gasteiger partial charge is 0.246 e. The third-order valence-corrected chi connectivity index (χ3v) is 6.30. The second-order valence-electron chi connectivity index (χ2n) is 8.94. The van der Waals surface area contributed by atoms with E-state index in [4.69, 9.17) is 4.74 Å². The van der Waals surface area contributed by atoms with E-state index in [1.54, 1.807) is 7.05 Å². The molecule has 3 amide bonds. The van der Waals surface area contributed by atoms with Gasteiger partial charge in [-0.25, -0.2) is 0 Å². The normalized spacial score (nSPS) is 37.5. The van der Waals surface area contributed by atoms with Crippen LogP contribution in [0.15, 0.2) is 0 Å². The number of rotatable bonds is 5. The summed E-state index contributed by atoms with van der Waals surface area (Å²) in [5.41, 5.74) is -2.21. The molecule has 3 heterocycles. The SMILES string of the molecule is CC[C@]12CCC3(O1)C(C(=O)NC(C)(C)C)N(CCO)C(=O)[C@@H]3[C@H]2C(=O)NC. The van der Waals surface area contributed by atoms with Crippen LogP contribution < -0.4 is 10.6 Å². The number of aliphatic hydroxyl groups excluding tert-OH is 1. The van der Waals surface area contributed by atoms with Crippen molar-refractivity contribution in [2.75, 3.05) is 20.2 Å². The monoisotopic (exact) mass is 381 g/mol. The van der Waals surface area contributed by atoms with Gasteiger partial charge in [0.15, 0.2) is 0 Å². The number of aliphatic hydroxyl groups is 1. The summed E-state index contributed by atoms with van der Waals surface area (Å²) in [6, 6.07) is -0.843. The quantitative estimate of drug-likeness (QED) is 0.611. The van der Waals surface area contributed by atoms with Crippen LogP contribution in [0.5, 0.6) is 0 Å². The molecule has 152 valence electrons. The maximum atomic E-state index is 13.3. The fraction of sp³-hybridized carbons (Fsp3) is 0.842. The number of hydrogen-bond acceptors (Lipinski definition) is 5. The Morgan fingerprint density at radius 2 is 1.96 bits per heavy atom. The highest BCUT2D eigenvalue weighted by Crippen LogP contribution is 2.64. The van der Waals surface area contributed by atoms with E-state index in [1.165, 1.54) is 4.90 Å². The highest BCUT2D eigenvalue weighted by Gasteiger charge is 2.78. The number of carbonyl (C=O) groups excluding carboxylic acids is 3. The summed E-state index contributed by atoms with van der Waals surface area (Å²) in [6.45, 7) is 7.37. The summed E-state index contributed by atoms with van der Waals surface area (Å²) >= 11 is 0. The van der Waals surface area contributed by atoms with E-state index < -0.39 is 34.6 Å². The van der Waals surface area contributed by atoms with E-state index in [-0.39, 0.29) is 30.9 Å². The van der Waals surface area contributed by atoms with Crippen LogP contribution in [0, 0.1) is 11.8 Å². The van der Waals surface area contributed by atoms with Crippen molar-refractivity contribution in [3.63, 3.8) is 0 Å². The van der Waals surface area contributed by atoms with Crippen molar-refractivity contribution < 1.29 is 24.2 Å². The largest absolute Gasteiger partial charge is 0.395 e. The van der Waals surface area contributed by atoms with Gasteiger partial charge in [0.1, 0.15) is 11.6 Å². The van der Waals surface area contributed by atoms with Gasteiger partial charge >= 0.3 is 0 Å². The topological polar surface area (TPSA) is 108 Å². The molecule has 5 atom stereocenters. The molecule has 3 rings (SSSR count). The molecule has 0 radical (unpaired) electrons. The lowest BCUT2D eigenvalue weighted by atomic mass is 9.65. The molecular weight excluding hydrogens is 350 g/mol. The molecule has 0 saturated carbocycles. The van der Waals surface area contributed by atoms with E-state index in [0.29, 0.717) is 19.3 Å². The summed E-state index contributed by atoms with van der Waals surface area (Å²) in [4.78, 5) is 40.6. The predicted octanol–water partition coefficient (Wildman–Crippen LogP) is -0.206. The van der Waals surface area contributed by atoms with E-state index in [0.717, 1.165) is 0 Å². The standard InChI is InChI=1S/C19H31N3O5/c1-6-18-7-8-19(27-18)12(11(18)14(24)20-5)16(26)22(9-10-23)13(19)15(25)21-17(2,3)4/h11-13,23H,6-10H2,1-5H3,(H,20,24)(H,21,25)/t11-,12-,13?,18+,19?/m0/s1. The summed E-state index contributed by atoms with van der Waals surface area (Å²) in [6.07, 6.45) is 1.79. The molecule has 3 saturated heterocycles. The van der Waals surface area contributed by atoms with Gasteiger partial charge in [-0.05, 0) is 40.0 Å². The Labute approximate surface area is 160 Å². The van der Waals surface area contributed by atoms with Crippen molar-refractivity contribution in [2.24, 2.45) is 11.8 Å². The molecule has 2 unspecified atom stereocenters. The van der Waals surface area contributed by atoms with E-state index in [9.17, 15) is 19.5 Å². The van der Waals surface area contributed by atoms with Crippen LogP contribution in [0.4, 0.5) is 0 Å². The maximum Gasteiger partial charge on any atom is 0.246 e. The molecule has 3 N–H and O–H groups in total. The van der Waals surface area contributed by atoms with Gasteiger partial charge in [0.25, 0.3) is 0 Å². The first kappa shape index (κ1) is 20.1. The van der Waals surface area contributed by atoms with Crippen LogP contribution in [0.25, 0.3) is 0 Å². The fourth-order valence-electron chi connectivity index (χ4n) is 5.36. The van der Waals surface area contributed by atoms with Gasteiger partial charge in [-0.1, -0.05) is 6.92 Å². The molecule has 8 heteroatoms. The van der Waals surface area contributed by atoms with Crippen LogP contribution in [0.1, 0.15) is 47.0 Å².